The van der Waals surface area contributed by atoms with Crippen LogP contribution >= 0.6 is 12.4 Å². The average molecular weight is 303 g/mol. The van der Waals surface area contributed by atoms with Crippen molar-refractivity contribution in [3.8, 4) is 0 Å². The Balaban J connectivity index is 0.00000324. The van der Waals surface area contributed by atoms with Gasteiger partial charge in [-0.15, -0.1) is 19.0 Å². The molecular weight excluding hydrogens is 285 g/mol. The monoisotopic (exact) mass is 302 g/mol. The molecule has 0 aliphatic carbocycles. The molecule has 1 heterocycles. The number of hydrogen-bond donors (Lipinski definition) is 1. The number of nitrogens with one attached hydrogen (secondary N) is 1. The van der Waals surface area contributed by atoms with Crippen LogP contribution in [0.3, 0.4) is 0 Å². The molecule has 1 rings (SSSR count). The average Bonchev–Trinajstić information content (AvgIpc) is 2.28. The van der Waals surface area contributed by atoms with Gasteiger partial charge in [0.15, 0.2) is 0 Å². The molecule has 0 aromatic carbocycles. The minimum absolute atomic E-state index is 0. The number of alkyl halides is 3. The molecule has 1 fully saturated rings. The molecule has 1 unspecified atom stereocenters. The number of rotatable bonds is 5. The first-order chi connectivity index (χ1) is 8.42. The highest BCUT2D eigenvalue weighted by atomic mass is 35.5. The molecule has 0 spiro atoms. The molecule has 1 amide bonds. The van der Waals surface area contributed by atoms with Crippen LogP contribution in [-0.2, 0) is 9.53 Å². The van der Waals surface area contributed by atoms with Crippen molar-refractivity contribution in [2.75, 3.05) is 32.8 Å². The topological polar surface area (TPSA) is 41.6 Å². The largest absolute Gasteiger partial charge is 0.406 e. The Kier molecular flexibility index (Phi) is 8.05. The Morgan fingerprint density at radius 3 is 2.68 bits per heavy atom. The number of carbonyl (C=O) groups is 1. The molecule has 1 atom stereocenters. The molecule has 1 N–H and O–H groups in total. The van der Waals surface area contributed by atoms with E-state index < -0.39 is 18.6 Å². The van der Waals surface area contributed by atoms with Gasteiger partial charge in [0, 0.05) is 25.6 Å². The zero-order valence-corrected chi connectivity index (χ0v) is 11.2. The van der Waals surface area contributed by atoms with Gasteiger partial charge in [-0.25, -0.2) is 0 Å². The van der Waals surface area contributed by atoms with E-state index in [1.807, 2.05) is 0 Å². The molecule has 0 bridgehead atoms. The van der Waals surface area contributed by atoms with Crippen LogP contribution in [0.15, 0.2) is 12.7 Å². The smallest absolute Gasteiger partial charge is 0.378 e. The minimum atomic E-state index is -4.39. The molecule has 112 valence electrons. The highest BCUT2D eigenvalue weighted by Gasteiger charge is 2.33. The van der Waals surface area contributed by atoms with Crippen LogP contribution in [0.25, 0.3) is 0 Å². The number of halogens is 4. The van der Waals surface area contributed by atoms with Gasteiger partial charge in [-0.05, 0) is 0 Å². The fraction of sp³-hybridized carbons (Fsp3) is 0.727. The number of hydrogen-bond acceptors (Lipinski definition) is 3. The second kappa shape index (κ2) is 8.39. The quantitative estimate of drug-likeness (QED) is 0.780. The van der Waals surface area contributed by atoms with Crippen molar-refractivity contribution >= 4 is 18.3 Å². The van der Waals surface area contributed by atoms with Crippen molar-refractivity contribution in [2.45, 2.75) is 18.6 Å². The highest BCUT2D eigenvalue weighted by molar-refractivity contribution is 5.85. The van der Waals surface area contributed by atoms with Crippen LogP contribution in [0.5, 0.6) is 0 Å². The van der Waals surface area contributed by atoms with Crippen molar-refractivity contribution in [3.63, 3.8) is 0 Å². The van der Waals surface area contributed by atoms with Gasteiger partial charge in [-0.2, -0.15) is 13.2 Å². The van der Waals surface area contributed by atoms with E-state index in [0.717, 1.165) is 4.90 Å². The fourth-order valence-electron chi connectivity index (χ4n) is 1.72. The van der Waals surface area contributed by atoms with Crippen LogP contribution in [0.4, 0.5) is 13.2 Å². The second-order valence-corrected chi connectivity index (χ2v) is 4.11. The zero-order chi connectivity index (χ0) is 13.6. The Hall–Kier alpha value is -0.790. The van der Waals surface area contributed by atoms with Crippen molar-refractivity contribution in [1.82, 2.24) is 10.2 Å². The summed E-state index contributed by atoms with van der Waals surface area (Å²) in [6.07, 6.45) is -3.10. The third-order valence-corrected chi connectivity index (χ3v) is 2.49. The molecule has 4 nitrogen and oxygen atoms in total. The minimum Gasteiger partial charge on any atom is -0.378 e. The fourth-order valence-corrected chi connectivity index (χ4v) is 1.72. The Bertz CT molecular complexity index is 294. The number of nitrogens with zero attached hydrogens (tertiary/aromatic N) is 1. The lowest BCUT2D eigenvalue weighted by Crippen LogP contribution is -2.46. The predicted molar refractivity (Wildman–Crippen MR) is 67.3 cm³/mol. The molecule has 0 radical (unpaired) electrons. The number of ether oxygens (including phenoxy) is 1. The number of amides is 1. The highest BCUT2D eigenvalue weighted by Crippen LogP contribution is 2.17. The normalized spacial score (nSPS) is 19.4. The number of morpholine rings is 1. The molecule has 1 aliphatic heterocycles. The van der Waals surface area contributed by atoms with Gasteiger partial charge in [0.05, 0.1) is 13.2 Å². The van der Waals surface area contributed by atoms with Crippen molar-refractivity contribution in [2.24, 2.45) is 0 Å². The maximum Gasteiger partial charge on any atom is 0.406 e. The second-order valence-electron chi connectivity index (χ2n) is 4.11. The summed E-state index contributed by atoms with van der Waals surface area (Å²) in [4.78, 5) is 12.5. The SMILES string of the molecule is C=CCN(CC(F)(F)F)C(=O)CC1COCCN1.Cl. The summed E-state index contributed by atoms with van der Waals surface area (Å²) in [5, 5.41) is 3.03. The van der Waals surface area contributed by atoms with Crippen molar-refractivity contribution in [1.29, 1.82) is 0 Å². The van der Waals surface area contributed by atoms with E-state index in [0.29, 0.717) is 19.8 Å². The predicted octanol–water partition coefficient (Wildman–Crippen LogP) is 1.36. The maximum absolute atomic E-state index is 12.3. The summed E-state index contributed by atoms with van der Waals surface area (Å²) in [6, 6.07) is -0.216. The molecule has 0 aromatic heterocycles. The summed E-state index contributed by atoms with van der Waals surface area (Å²) < 4.78 is 42.0. The van der Waals surface area contributed by atoms with Crippen LogP contribution in [-0.4, -0.2) is 55.9 Å². The first-order valence-corrected chi connectivity index (χ1v) is 5.69. The van der Waals surface area contributed by atoms with E-state index in [1.165, 1.54) is 6.08 Å². The Labute approximate surface area is 116 Å². The van der Waals surface area contributed by atoms with E-state index in [9.17, 15) is 18.0 Å². The third kappa shape index (κ3) is 7.39. The van der Waals surface area contributed by atoms with Gasteiger partial charge < -0.3 is 15.0 Å². The standard InChI is InChI=1S/C11H17F3N2O2.ClH/c1-2-4-16(8-11(12,13)14)10(17)6-9-7-18-5-3-15-9;/h2,9,15H,1,3-8H2;1H. The van der Waals surface area contributed by atoms with E-state index in [2.05, 4.69) is 11.9 Å². The summed E-state index contributed by atoms with van der Waals surface area (Å²) in [6.45, 7) is 3.52. The molecular formula is C11H18ClF3N2O2. The lowest BCUT2D eigenvalue weighted by molar-refractivity contribution is -0.160. The third-order valence-electron chi connectivity index (χ3n) is 2.49. The van der Waals surface area contributed by atoms with Crippen LogP contribution in [0.1, 0.15) is 6.42 Å². The van der Waals surface area contributed by atoms with Gasteiger partial charge >= 0.3 is 6.18 Å². The summed E-state index contributed by atoms with van der Waals surface area (Å²) in [7, 11) is 0. The van der Waals surface area contributed by atoms with Gasteiger partial charge in [-0.3, -0.25) is 4.79 Å². The van der Waals surface area contributed by atoms with Crippen LogP contribution in [0, 0.1) is 0 Å². The summed E-state index contributed by atoms with van der Waals surface area (Å²) in [5.74, 6) is -0.546. The van der Waals surface area contributed by atoms with Gasteiger partial charge in [0.2, 0.25) is 5.91 Å². The van der Waals surface area contributed by atoms with Gasteiger partial charge in [0.25, 0.3) is 0 Å². The molecule has 8 heteroatoms. The summed E-state index contributed by atoms with van der Waals surface area (Å²) >= 11 is 0. The Morgan fingerprint density at radius 1 is 1.53 bits per heavy atom. The molecule has 0 saturated carbocycles. The van der Waals surface area contributed by atoms with Gasteiger partial charge in [0.1, 0.15) is 6.54 Å². The van der Waals surface area contributed by atoms with E-state index >= 15 is 0 Å². The summed E-state index contributed by atoms with van der Waals surface area (Å²) in [5.41, 5.74) is 0. The maximum atomic E-state index is 12.3. The molecule has 1 aliphatic rings. The first-order valence-electron chi connectivity index (χ1n) is 5.69. The first kappa shape index (κ1) is 18.2. The molecule has 19 heavy (non-hydrogen) atoms. The Morgan fingerprint density at radius 2 is 2.21 bits per heavy atom. The lowest BCUT2D eigenvalue weighted by atomic mass is 10.2. The van der Waals surface area contributed by atoms with Crippen molar-refractivity contribution < 1.29 is 22.7 Å². The molecule has 0 aromatic rings. The van der Waals surface area contributed by atoms with Crippen LogP contribution in [0.2, 0.25) is 0 Å². The van der Waals surface area contributed by atoms with Crippen LogP contribution < -0.4 is 5.32 Å². The number of carbonyl (C=O) groups excluding carboxylic acids is 1. The lowest BCUT2D eigenvalue weighted by Gasteiger charge is -2.27. The zero-order valence-electron chi connectivity index (χ0n) is 10.4. The van der Waals surface area contributed by atoms with Crippen molar-refractivity contribution in [3.05, 3.63) is 12.7 Å². The van der Waals surface area contributed by atoms with E-state index in [4.69, 9.17) is 4.74 Å². The van der Waals surface area contributed by atoms with E-state index in [-0.39, 0.29) is 31.4 Å². The molecule has 1 saturated heterocycles. The van der Waals surface area contributed by atoms with E-state index in [1.54, 1.807) is 0 Å². The van der Waals surface area contributed by atoms with Gasteiger partial charge in [-0.1, -0.05) is 6.08 Å².